The maximum atomic E-state index is 13.7. The summed E-state index contributed by atoms with van der Waals surface area (Å²) in [4.78, 5) is 50.5. The fourth-order valence-electron chi connectivity index (χ4n) is 3.86. The number of Topliss-reactive ketones (excluding diaryl/α,β-unsaturated/α-hetero) is 1. The van der Waals surface area contributed by atoms with Crippen molar-refractivity contribution < 1.29 is 33.0 Å². The number of likely N-dealkylation sites (tertiary alicyclic amines) is 1. The molecule has 8 heteroatoms. The van der Waals surface area contributed by atoms with Crippen molar-refractivity contribution in [3.63, 3.8) is 0 Å². The van der Waals surface area contributed by atoms with Crippen molar-refractivity contribution in [2.24, 2.45) is 11.8 Å². The molecule has 7 nitrogen and oxygen atoms in total. The Hall–Kier alpha value is -2.77. The van der Waals surface area contributed by atoms with Crippen LogP contribution in [-0.2, 0) is 19.1 Å². The summed E-state index contributed by atoms with van der Waals surface area (Å²) in [7, 11) is 1.31. The maximum absolute atomic E-state index is 13.7. The van der Waals surface area contributed by atoms with Crippen molar-refractivity contribution in [2.75, 3.05) is 13.7 Å². The average molecular weight is 391 g/mol. The van der Waals surface area contributed by atoms with Gasteiger partial charge in [0.2, 0.25) is 11.8 Å². The number of methoxy groups -OCH3 is 1. The summed E-state index contributed by atoms with van der Waals surface area (Å²) < 4.78 is 23.5. The zero-order chi connectivity index (χ0) is 20.4. The topological polar surface area (TPSA) is 90.0 Å². The molecule has 0 unspecified atom stereocenters. The third-order valence-corrected chi connectivity index (χ3v) is 5.42. The van der Waals surface area contributed by atoms with Crippen molar-refractivity contribution in [1.29, 1.82) is 0 Å². The number of nitrogens with zero attached hydrogens (tertiary/aromatic N) is 1. The minimum Gasteiger partial charge on any atom is -0.494 e. The number of benzene rings is 1. The first-order chi connectivity index (χ1) is 13.3. The van der Waals surface area contributed by atoms with Gasteiger partial charge in [-0.25, -0.2) is 9.18 Å². The van der Waals surface area contributed by atoms with Gasteiger partial charge in [0.05, 0.1) is 18.9 Å². The molecule has 150 valence electrons. The summed E-state index contributed by atoms with van der Waals surface area (Å²) >= 11 is 0. The van der Waals surface area contributed by atoms with Crippen LogP contribution in [0.3, 0.4) is 0 Å². The lowest BCUT2D eigenvalue weighted by Gasteiger charge is -2.21. The first-order valence-electron chi connectivity index (χ1n) is 9.25. The molecule has 0 bridgehead atoms. The predicted octanol–water partition coefficient (Wildman–Crippen LogP) is 2.12. The zero-order valence-corrected chi connectivity index (χ0v) is 15.8. The highest BCUT2D eigenvalue weighted by atomic mass is 19.1. The van der Waals surface area contributed by atoms with Crippen LogP contribution in [0, 0.1) is 17.7 Å². The molecule has 3 atom stereocenters. The number of hydrogen-bond acceptors (Lipinski definition) is 6. The highest BCUT2D eigenvalue weighted by molar-refractivity contribution is 6.08. The van der Waals surface area contributed by atoms with Gasteiger partial charge in [0.15, 0.2) is 24.0 Å². The fourth-order valence-corrected chi connectivity index (χ4v) is 3.86. The number of esters is 1. The largest absolute Gasteiger partial charge is 0.494 e. The van der Waals surface area contributed by atoms with E-state index in [1.807, 2.05) is 0 Å². The third kappa shape index (κ3) is 3.63. The van der Waals surface area contributed by atoms with E-state index in [4.69, 9.17) is 9.47 Å². The summed E-state index contributed by atoms with van der Waals surface area (Å²) in [6.07, 6.45) is 3.07. The Bertz CT molecular complexity index is 799. The molecule has 2 aliphatic rings. The minimum absolute atomic E-state index is 0.00491. The molecule has 3 rings (SSSR count). The molecule has 2 amide bonds. The van der Waals surface area contributed by atoms with E-state index in [0.717, 1.165) is 23.8 Å². The Labute approximate surface area is 161 Å². The number of ether oxygens (including phenoxy) is 2. The van der Waals surface area contributed by atoms with Crippen LogP contribution in [0.4, 0.5) is 4.39 Å². The third-order valence-electron chi connectivity index (χ3n) is 5.42. The number of rotatable bonds is 6. The molecule has 0 aromatic heterocycles. The van der Waals surface area contributed by atoms with Crippen LogP contribution in [0.15, 0.2) is 18.2 Å². The molecule has 0 radical (unpaired) electrons. The van der Waals surface area contributed by atoms with E-state index in [-0.39, 0.29) is 35.0 Å². The molecule has 1 aliphatic heterocycles. The van der Waals surface area contributed by atoms with E-state index in [1.54, 1.807) is 0 Å². The van der Waals surface area contributed by atoms with E-state index in [2.05, 4.69) is 0 Å². The van der Waals surface area contributed by atoms with Crippen molar-refractivity contribution >= 4 is 23.6 Å². The van der Waals surface area contributed by atoms with Crippen LogP contribution >= 0.6 is 0 Å². The molecule has 0 N–H and O–H groups in total. The number of amides is 2. The number of carbonyl (C=O) groups excluding carboxylic acids is 4. The number of carbonyl (C=O) groups is 4. The number of halogens is 1. The van der Waals surface area contributed by atoms with Crippen LogP contribution in [-0.4, -0.2) is 48.2 Å². The van der Waals surface area contributed by atoms with E-state index in [0.29, 0.717) is 12.8 Å². The summed E-state index contributed by atoms with van der Waals surface area (Å²) in [5, 5.41) is 0. The second-order valence-corrected chi connectivity index (χ2v) is 7.10. The van der Waals surface area contributed by atoms with Crippen LogP contribution in [0.25, 0.3) is 0 Å². The van der Waals surface area contributed by atoms with E-state index in [1.165, 1.54) is 26.2 Å². The molecular formula is C20H22FNO6. The highest BCUT2D eigenvalue weighted by Crippen LogP contribution is 2.38. The lowest BCUT2D eigenvalue weighted by molar-refractivity contribution is -0.157. The van der Waals surface area contributed by atoms with Crippen molar-refractivity contribution in [2.45, 2.75) is 38.6 Å². The Kier molecular flexibility index (Phi) is 5.76. The number of ketones is 1. The van der Waals surface area contributed by atoms with Gasteiger partial charge in [0.25, 0.3) is 0 Å². The Morgan fingerprint density at radius 2 is 1.79 bits per heavy atom. The van der Waals surface area contributed by atoms with Gasteiger partial charge in [-0.1, -0.05) is 12.8 Å². The first kappa shape index (κ1) is 20.0. The summed E-state index contributed by atoms with van der Waals surface area (Å²) in [6.45, 7) is 0.797. The normalized spacial score (nSPS) is 22.6. The van der Waals surface area contributed by atoms with Gasteiger partial charge in [-0.15, -0.1) is 0 Å². The maximum Gasteiger partial charge on any atom is 0.329 e. The van der Waals surface area contributed by atoms with Crippen LogP contribution in [0.2, 0.25) is 0 Å². The second-order valence-electron chi connectivity index (χ2n) is 7.10. The van der Waals surface area contributed by atoms with Crippen LogP contribution in [0.1, 0.15) is 43.0 Å². The molecule has 1 saturated carbocycles. The average Bonchev–Trinajstić information content (AvgIpc) is 2.96. The molecule has 1 saturated heterocycles. The molecule has 1 aliphatic carbocycles. The lowest BCUT2D eigenvalue weighted by Crippen LogP contribution is -2.44. The predicted molar refractivity (Wildman–Crippen MR) is 95.0 cm³/mol. The van der Waals surface area contributed by atoms with Gasteiger partial charge >= 0.3 is 5.97 Å². The van der Waals surface area contributed by atoms with Gasteiger partial charge in [0, 0.05) is 5.56 Å². The second kappa shape index (κ2) is 8.08. The fraction of sp³-hybridized carbons (Fsp3) is 0.500. The van der Waals surface area contributed by atoms with E-state index in [9.17, 15) is 23.6 Å². The lowest BCUT2D eigenvalue weighted by atomic mass is 9.81. The summed E-state index contributed by atoms with van der Waals surface area (Å²) in [5.41, 5.74) is 0.0260. The molecular weight excluding hydrogens is 369 g/mol. The Morgan fingerprint density at radius 3 is 2.32 bits per heavy atom. The van der Waals surface area contributed by atoms with Crippen molar-refractivity contribution in [3.05, 3.63) is 29.6 Å². The molecule has 1 aromatic rings. The smallest absolute Gasteiger partial charge is 0.329 e. The first-order valence-corrected chi connectivity index (χ1v) is 9.25. The Morgan fingerprint density at radius 1 is 1.18 bits per heavy atom. The van der Waals surface area contributed by atoms with Gasteiger partial charge in [-0.05, 0) is 38.0 Å². The number of fused-ring (bicyclic) bond motifs is 1. The zero-order valence-electron chi connectivity index (χ0n) is 15.8. The molecule has 1 aromatic carbocycles. The molecule has 28 heavy (non-hydrogen) atoms. The minimum atomic E-state index is -1.11. The van der Waals surface area contributed by atoms with Crippen molar-refractivity contribution in [1.82, 2.24) is 4.90 Å². The molecule has 0 spiro atoms. The van der Waals surface area contributed by atoms with E-state index >= 15 is 0 Å². The summed E-state index contributed by atoms with van der Waals surface area (Å²) in [5.74, 6) is -3.57. The molecule has 1 heterocycles. The van der Waals surface area contributed by atoms with Crippen LogP contribution in [0.5, 0.6) is 5.75 Å². The summed E-state index contributed by atoms with van der Waals surface area (Å²) in [6, 6.07) is 2.55. The van der Waals surface area contributed by atoms with E-state index < -0.39 is 30.2 Å². The van der Waals surface area contributed by atoms with Gasteiger partial charge in [0.1, 0.15) is 6.04 Å². The Balaban J connectivity index is 1.61. The monoisotopic (exact) mass is 391 g/mol. The number of imide groups is 1. The van der Waals surface area contributed by atoms with Gasteiger partial charge in [-0.2, -0.15) is 0 Å². The quantitative estimate of drug-likeness (QED) is 0.419. The molecule has 2 fully saturated rings. The standard InChI is InChI=1S/C20H22FNO6/c1-11(22-18(24)13-5-3-4-6-14(13)19(22)25)20(26)28-10-16(23)12-7-8-17(27-2)15(21)9-12/h7-9,11,13-14H,3-6,10H2,1-2H3/t11-,13+,14+/m0/s1. The SMILES string of the molecule is COc1ccc(C(=O)COC(=O)[C@H](C)N2C(=O)[C@@H]3CCCC[C@H]3C2=O)cc1F. The van der Waals surface area contributed by atoms with Crippen LogP contribution < -0.4 is 4.74 Å². The van der Waals surface area contributed by atoms with Crippen molar-refractivity contribution in [3.8, 4) is 5.75 Å². The number of hydrogen-bond donors (Lipinski definition) is 0. The van der Waals surface area contributed by atoms with Gasteiger partial charge in [-0.3, -0.25) is 19.3 Å². The van der Waals surface area contributed by atoms with Gasteiger partial charge < -0.3 is 9.47 Å². The highest BCUT2D eigenvalue weighted by Gasteiger charge is 2.51.